The molecule has 0 atom stereocenters. The summed E-state index contributed by atoms with van der Waals surface area (Å²) in [6.45, 7) is 0. The molecule has 0 spiro atoms. The second-order valence-electron chi connectivity index (χ2n) is 1.33. The zero-order valence-electron chi connectivity index (χ0n) is 5.16. The van der Waals surface area contributed by atoms with Gasteiger partial charge in [-0.15, -0.1) is 29.3 Å². The molecule has 0 unspecified atom stereocenters. The minimum Gasteiger partial charge on any atom is -0.352 e. The van der Waals surface area contributed by atoms with Gasteiger partial charge in [-0.05, 0) is 0 Å². The SMILES string of the molecule is Clc1c[c-]c(I)c(Cl)n1.[Li+]. The Morgan fingerprint density at radius 2 is 2.10 bits per heavy atom. The molecule has 1 aromatic heterocycles. The molecule has 1 nitrogen and oxygen atoms in total. The fraction of sp³-hybridized carbons (Fsp3) is 0. The third-order valence-corrected chi connectivity index (χ3v) is 2.31. The molecule has 0 fully saturated rings. The van der Waals surface area contributed by atoms with Gasteiger partial charge >= 0.3 is 18.9 Å². The molecule has 0 bridgehead atoms. The van der Waals surface area contributed by atoms with Crippen LogP contribution in [0.5, 0.6) is 0 Å². The van der Waals surface area contributed by atoms with Crippen molar-refractivity contribution in [2.75, 3.05) is 0 Å². The van der Waals surface area contributed by atoms with Gasteiger partial charge in [0.05, 0.1) is 0 Å². The molecule has 0 amide bonds. The first-order chi connectivity index (χ1) is 4.20. The molecular formula is C5HCl2ILiN. The molecule has 1 heterocycles. The van der Waals surface area contributed by atoms with E-state index in [1.807, 2.05) is 22.6 Å². The number of nitrogens with zero attached hydrogens (tertiary/aromatic N) is 1. The second-order valence-corrected chi connectivity index (χ2v) is 3.15. The largest absolute Gasteiger partial charge is 1.00 e. The van der Waals surface area contributed by atoms with Crippen molar-refractivity contribution in [1.29, 1.82) is 0 Å². The summed E-state index contributed by atoms with van der Waals surface area (Å²) >= 11 is 13.1. The predicted molar refractivity (Wildman–Crippen MR) is 45.8 cm³/mol. The first kappa shape index (κ1) is 11.1. The smallest absolute Gasteiger partial charge is 0.352 e. The number of aromatic nitrogens is 1. The van der Waals surface area contributed by atoms with Crippen LogP contribution in [-0.4, -0.2) is 4.98 Å². The summed E-state index contributed by atoms with van der Waals surface area (Å²) in [5, 5.41) is 0.781. The molecule has 0 aliphatic heterocycles. The molecule has 10 heavy (non-hydrogen) atoms. The molecule has 48 valence electrons. The van der Waals surface area contributed by atoms with E-state index in [1.165, 1.54) is 0 Å². The summed E-state index contributed by atoms with van der Waals surface area (Å²) in [5.41, 5.74) is 0. The van der Waals surface area contributed by atoms with Gasteiger partial charge in [0.15, 0.2) is 0 Å². The van der Waals surface area contributed by atoms with Crippen LogP contribution in [0.25, 0.3) is 0 Å². The van der Waals surface area contributed by atoms with Crippen LogP contribution in [0.3, 0.4) is 0 Å². The van der Waals surface area contributed by atoms with Crippen LogP contribution < -0.4 is 18.9 Å². The van der Waals surface area contributed by atoms with E-state index < -0.39 is 0 Å². The average Bonchev–Trinajstić information content (AvgIpc) is 1.80. The molecule has 1 aromatic rings. The Morgan fingerprint density at radius 3 is 2.50 bits per heavy atom. The van der Waals surface area contributed by atoms with Gasteiger partial charge < -0.3 is 4.98 Å². The normalized spacial score (nSPS) is 8.70. The van der Waals surface area contributed by atoms with Crippen LogP contribution in [-0.2, 0) is 0 Å². The Hall–Kier alpha value is 1.06. The van der Waals surface area contributed by atoms with Crippen LogP contribution in [0.15, 0.2) is 6.07 Å². The van der Waals surface area contributed by atoms with Gasteiger partial charge in [-0.1, -0.05) is 26.2 Å². The minimum absolute atomic E-state index is 0. The molecule has 0 saturated carbocycles. The predicted octanol–water partition coefficient (Wildman–Crippen LogP) is -0.203. The van der Waals surface area contributed by atoms with Crippen molar-refractivity contribution >= 4 is 45.8 Å². The molecule has 0 aliphatic rings. The average molecular weight is 280 g/mol. The van der Waals surface area contributed by atoms with Crippen LogP contribution in [0.4, 0.5) is 0 Å². The van der Waals surface area contributed by atoms with Crippen molar-refractivity contribution in [2.24, 2.45) is 0 Å². The Balaban J connectivity index is 0.000000810. The summed E-state index contributed by atoms with van der Waals surface area (Å²) in [7, 11) is 0. The quantitative estimate of drug-likeness (QED) is 0.277. The van der Waals surface area contributed by atoms with E-state index in [1.54, 1.807) is 6.07 Å². The van der Waals surface area contributed by atoms with Crippen molar-refractivity contribution in [3.05, 3.63) is 26.0 Å². The monoisotopic (exact) mass is 279 g/mol. The Morgan fingerprint density at radius 1 is 1.50 bits per heavy atom. The van der Waals surface area contributed by atoms with Crippen LogP contribution in [0.2, 0.25) is 10.3 Å². The summed E-state index contributed by atoms with van der Waals surface area (Å²) in [5.74, 6) is 0. The zero-order chi connectivity index (χ0) is 6.85. The van der Waals surface area contributed by atoms with E-state index >= 15 is 0 Å². The molecule has 0 radical (unpaired) electrons. The van der Waals surface area contributed by atoms with Gasteiger partial charge in [0.1, 0.15) is 0 Å². The van der Waals surface area contributed by atoms with E-state index in [-0.39, 0.29) is 18.9 Å². The maximum absolute atomic E-state index is 5.58. The molecule has 0 aliphatic carbocycles. The Labute approximate surface area is 94.8 Å². The summed E-state index contributed by atoms with van der Waals surface area (Å²) < 4.78 is 0.790. The molecule has 5 heteroatoms. The maximum Gasteiger partial charge on any atom is 1.00 e. The van der Waals surface area contributed by atoms with Crippen LogP contribution in [0, 0.1) is 9.64 Å². The van der Waals surface area contributed by atoms with Gasteiger partial charge in [0.2, 0.25) is 0 Å². The number of rotatable bonds is 0. The topological polar surface area (TPSA) is 12.9 Å². The number of hydrogen-bond acceptors (Lipinski definition) is 1. The third kappa shape index (κ3) is 2.98. The first-order valence-corrected chi connectivity index (χ1v) is 3.93. The first-order valence-electron chi connectivity index (χ1n) is 2.09. The number of hydrogen-bond donors (Lipinski definition) is 0. The van der Waals surface area contributed by atoms with E-state index in [9.17, 15) is 0 Å². The standard InChI is InChI=1S/C5HCl2IN.Li/c6-4-2-1-3(8)5(7)9-4;/h2H;/q-1;+1. The zero-order valence-corrected chi connectivity index (χ0v) is 8.83. The van der Waals surface area contributed by atoms with Crippen LogP contribution >= 0.6 is 45.8 Å². The fourth-order valence-electron chi connectivity index (χ4n) is 0.358. The minimum atomic E-state index is 0. The van der Waals surface area contributed by atoms with E-state index in [0.717, 1.165) is 3.57 Å². The third-order valence-electron chi connectivity index (χ3n) is 0.704. The molecular weight excluding hydrogens is 279 g/mol. The van der Waals surface area contributed by atoms with Gasteiger partial charge in [-0.25, -0.2) is 0 Å². The van der Waals surface area contributed by atoms with Crippen molar-refractivity contribution < 1.29 is 18.9 Å². The van der Waals surface area contributed by atoms with Crippen molar-refractivity contribution in [3.63, 3.8) is 0 Å². The second kappa shape index (κ2) is 4.84. The number of pyridine rings is 1. The van der Waals surface area contributed by atoms with E-state index in [0.29, 0.717) is 10.3 Å². The van der Waals surface area contributed by atoms with Crippen molar-refractivity contribution in [3.8, 4) is 0 Å². The fourth-order valence-corrected chi connectivity index (χ4v) is 0.962. The van der Waals surface area contributed by atoms with Gasteiger partial charge in [0, 0.05) is 10.3 Å². The van der Waals surface area contributed by atoms with Gasteiger partial charge in [0.25, 0.3) is 0 Å². The Kier molecular flexibility index (Phi) is 5.35. The van der Waals surface area contributed by atoms with Gasteiger partial charge in [-0.2, -0.15) is 6.07 Å². The van der Waals surface area contributed by atoms with Crippen molar-refractivity contribution in [1.82, 2.24) is 4.98 Å². The van der Waals surface area contributed by atoms with E-state index in [4.69, 9.17) is 23.2 Å². The maximum atomic E-state index is 5.58. The molecule has 0 saturated heterocycles. The van der Waals surface area contributed by atoms with E-state index in [2.05, 4.69) is 11.1 Å². The van der Waals surface area contributed by atoms with Gasteiger partial charge in [-0.3, -0.25) is 0 Å². The number of halogens is 3. The van der Waals surface area contributed by atoms with Crippen LogP contribution in [0.1, 0.15) is 0 Å². The molecule has 0 aromatic carbocycles. The summed E-state index contributed by atoms with van der Waals surface area (Å²) in [6.07, 6.45) is 0. The molecule has 0 N–H and O–H groups in total. The summed E-state index contributed by atoms with van der Waals surface area (Å²) in [6, 6.07) is 4.41. The molecule has 1 rings (SSSR count). The Bertz CT molecular complexity index is 231. The van der Waals surface area contributed by atoms with Crippen molar-refractivity contribution in [2.45, 2.75) is 0 Å². The summed E-state index contributed by atoms with van der Waals surface area (Å²) in [4.78, 5) is 3.77.